The molecule has 0 atom stereocenters. The number of carbonyl (C=O) groups is 1. The van der Waals surface area contributed by atoms with Crippen LogP contribution in [0.15, 0.2) is 36.5 Å². The molecule has 0 unspecified atom stereocenters. The Morgan fingerprint density at radius 2 is 2.05 bits per heavy atom. The van der Waals surface area contributed by atoms with Crippen molar-refractivity contribution < 1.29 is 9.53 Å². The molecule has 0 spiro atoms. The van der Waals surface area contributed by atoms with Crippen molar-refractivity contribution in [3.63, 3.8) is 0 Å². The molecule has 2 aromatic rings. The molecule has 0 radical (unpaired) electrons. The van der Waals surface area contributed by atoms with Gasteiger partial charge >= 0.3 is 5.97 Å². The van der Waals surface area contributed by atoms with E-state index in [2.05, 4.69) is 20.4 Å². The molecule has 0 aliphatic heterocycles. The summed E-state index contributed by atoms with van der Waals surface area (Å²) in [5.74, 6) is -0.312. The molecular formula is C14H18N4O2. The van der Waals surface area contributed by atoms with E-state index >= 15 is 0 Å². The molecule has 0 saturated heterocycles. The van der Waals surface area contributed by atoms with Crippen molar-refractivity contribution in [1.29, 1.82) is 0 Å². The third-order valence-corrected chi connectivity index (χ3v) is 3.06. The highest BCUT2D eigenvalue weighted by Crippen LogP contribution is 2.18. The highest BCUT2D eigenvalue weighted by molar-refractivity contribution is 5.71. The fraction of sp³-hybridized carbons (Fsp3) is 0.357. The number of esters is 1. The zero-order chi connectivity index (χ0) is 14.6. The topological polar surface area (TPSA) is 69.0 Å². The number of benzene rings is 1. The second kappa shape index (κ2) is 5.83. The summed E-state index contributed by atoms with van der Waals surface area (Å²) in [5, 5.41) is 11.4. The van der Waals surface area contributed by atoms with Crippen molar-refractivity contribution in [3.8, 4) is 5.69 Å². The van der Waals surface area contributed by atoms with Crippen LogP contribution in [0.25, 0.3) is 5.69 Å². The first-order valence-corrected chi connectivity index (χ1v) is 6.33. The summed E-state index contributed by atoms with van der Waals surface area (Å²) in [7, 11) is 1.36. The summed E-state index contributed by atoms with van der Waals surface area (Å²) in [6.45, 7) is 4.01. The maximum atomic E-state index is 11.2. The summed E-state index contributed by atoms with van der Waals surface area (Å²) in [5.41, 5.74) is 1.22. The average Bonchev–Trinajstić information content (AvgIpc) is 2.96. The van der Waals surface area contributed by atoms with Crippen LogP contribution in [-0.4, -0.2) is 34.6 Å². The Hall–Kier alpha value is -2.21. The van der Waals surface area contributed by atoms with E-state index in [1.807, 2.05) is 50.4 Å². The smallest absolute Gasteiger partial charge is 0.319 e. The van der Waals surface area contributed by atoms with Crippen molar-refractivity contribution in [2.75, 3.05) is 13.7 Å². The molecule has 1 heterocycles. The summed E-state index contributed by atoms with van der Waals surface area (Å²) >= 11 is 0. The van der Waals surface area contributed by atoms with Gasteiger partial charge in [-0.1, -0.05) is 23.4 Å². The van der Waals surface area contributed by atoms with Crippen LogP contribution in [0.2, 0.25) is 0 Å². The van der Waals surface area contributed by atoms with E-state index in [1.54, 1.807) is 4.68 Å². The van der Waals surface area contributed by atoms with Crippen molar-refractivity contribution in [3.05, 3.63) is 42.2 Å². The van der Waals surface area contributed by atoms with E-state index in [1.165, 1.54) is 7.11 Å². The maximum Gasteiger partial charge on any atom is 0.319 e. The van der Waals surface area contributed by atoms with E-state index in [4.69, 9.17) is 0 Å². The van der Waals surface area contributed by atoms with E-state index < -0.39 is 5.54 Å². The molecule has 0 amide bonds. The van der Waals surface area contributed by atoms with Gasteiger partial charge in [0.2, 0.25) is 0 Å². The van der Waals surface area contributed by atoms with Gasteiger partial charge in [0.15, 0.2) is 0 Å². The highest BCUT2D eigenvalue weighted by atomic mass is 16.5. The molecule has 0 fully saturated rings. The lowest BCUT2D eigenvalue weighted by Gasteiger charge is -2.22. The molecule has 1 N–H and O–H groups in total. The van der Waals surface area contributed by atoms with Gasteiger partial charge in [-0.2, -0.15) is 0 Å². The third-order valence-electron chi connectivity index (χ3n) is 3.06. The van der Waals surface area contributed by atoms with Gasteiger partial charge < -0.3 is 4.74 Å². The van der Waals surface area contributed by atoms with Crippen molar-refractivity contribution in [2.24, 2.45) is 0 Å². The Bertz CT molecular complexity index is 578. The van der Waals surface area contributed by atoms with Crippen LogP contribution < -0.4 is 5.32 Å². The first kappa shape index (κ1) is 14.2. The molecular weight excluding hydrogens is 256 g/mol. The summed E-state index contributed by atoms with van der Waals surface area (Å²) < 4.78 is 6.32. The lowest BCUT2D eigenvalue weighted by molar-refractivity contribution is -0.139. The van der Waals surface area contributed by atoms with Crippen LogP contribution in [0.3, 0.4) is 0 Å². The number of hydrogen-bond acceptors (Lipinski definition) is 5. The standard InChI is InChI=1S/C14H18N4O2/c1-14(2,15-9-13(19)20-3)12-10-18(17-16-12)11-7-5-4-6-8-11/h4-8,10,15H,9H2,1-3H3. The average molecular weight is 274 g/mol. The fourth-order valence-electron chi connectivity index (χ4n) is 1.71. The van der Waals surface area contributed by atoms with Gasteiger partial charge in [-0.15, -0.1) is 5.10 Å². The zero-order valence-corrected chi connectivity index (χ0v) is 11.8. The van der Waals surface area contributed by atoms with Gasteiger partial charge in [0, 0.05) is 0 Å². The van der Waals surface area contributed by atoms with E-state index in [0.717, 1.165) is 11.4 Å². The molecule has 0 aliphatic rings. The minimum absolute atomic E-state index is 0.127. The van der Waals surface area contributed by atoms with Crippen LogP contribution in [-0.2, 0) is 15.1 Å². The molecule has 106 valence electrons. The number of methoxy groups -OCH3 is 1. The molecule has 0 aliphatic carbocycles. The molecule has 1 aromatic heterocycles. The van der Waals surface area contributed by atoms with Crippen molar-refractivity contribution in [1.82, 2.24) is 20.3 Å². The van der Waals surface area contributed by atoms with Crippen molar-refractivity contribution in [2.45, 2.75) is 19.4 Å². The molecule has 0 bridgehead atoms. The number of aromatic nitrogens is 3. The number of nitrogens with zero attached hydrogens (tertiary/aromatic N) is 3. The number of carbonyl (C=O) groups excluding carboxylic acids is 1. The van der Waals surface area contributed by atoms with Crippen LogP contribution >= 0.6 is 0 Å². The van der Waals surface area contributed by atoms with Crippen LogP contribution in [0.5, 0.6) is 0 Å². The molecule has 1 aromatic carbocycles. The predicted molar refractivity (Wildman–Crippen MR) is 74.4 cm³/mol. The molecule has 6 heteroatoms. The Labute approximate surface area is 117 Å². The van der Waals surface area contributed by atoms with E-state index in [9.17, 15) is 4.79 Å². The normalized spacial score (nSPS) is 11.3. The van der Waals surface area contributed by atoms with Gasteiger partial charge in [0.05, 0.1) is 31.1 Å². The Morgan fingerprint density at radius 3 is 2.70 bits per heavy atom. The van der Waals surface area contributed by atoms with E-state index in [0.29, 0.717) is 0 Å². The Balaban J connectivity index is 2.13. The highest BCUT2D eigenvalue weighted by Gasteiger charge is 2.24. The number of ether oxygens (including phenoxy) is 1. The monoisotopic (exact) mass is 274 g/mol. The minimum atomic E-state index is -0.471. The lowest BCUT2D eigenvalue weighted by Crippen LogP contribution is -2.40. The van der Waals surface area contributed by atoms with Gasteiger partial charge in [-0.25, -0.2) is 4.68 Å². The van der Waals surface area contributed by atoms with Gasteiger partial charge in [-0.3, -0.25) is 10.1 Å². The number of nitrogens with one attached hydrogen (secondary N) is 1. The number of para-hydroxylation sites is 1. The van der Waals surface area contributed by atoms with E-state index in [-0.39, 0.29) is 12.5 Å². The largest absolute Gasteiger partial charge is 0.468 e. The predicted octanol–water partition coefficient (Wildman–Crippen LogP) is 1.26. The third kappa shape index (κ3) is 3.21. The molecule has 6 nitrogen and oxygen atoms in total. The second-order valence-corrected chi connectivity index (χ2v) is 4.94. The Kier molecular flexibility index (Phi) is 4.14. The van der Waals surface area contributed by atoms with Gasteiger partial charge in [-0.05, 0) is 26.0 Å². The molecule has 0 saturated carbocycles. The van der Waals surface area contributed by atoms with Crippen LogP contribution in [0, 0.1) is 0 Å². The van der Waals surface area contributed by atoms with Crippen molar-refractivity contribution >= 4 is 5.97 Å². The quantitative estimate of drug-likeness (QED) is 0.831. The van der Waals surface area contributed by atoms with Crippen LogP contribution in [0.1, 0.15) is 19.5 Å². The van der Waals surface area contributed by atoms with Gasteiger partial charge in [0.25, 0.3) is 0 Å². The first-order valence-electron chi connectivity index (χ1n) is 6.33. The zero-order valence-electron chi connectivity index (χ0n) is 11.8. The number of rotatable bonds is 5. The SMILES string of the molecule is COC(=O)CNC(C)(C)c1cn(-c2ccccc2)nn1. The fourth-order valence-corrected chi connectivity index (χ4v) is 1.71. The number of hydrogen-bond donors (Lipinski definition) is 1. The molecule has 2 rings (SSSR count). The first-order chi connectivity index (χ1) is 9.53. The lowest BCUT2D eigenvalue weighted by atomic mass is 10.0. The summed E-state index contributed by atoms with van der Waals surface area (Å²) in [4.78, 5) is 11.2. The van der Waals surface area contributed by atoms with Crippen LogP contribution in [0.4, 0.5) is 0 Å². The van der Waals surface area contributed by atoms with Gasteiger partial charge in [0.1, 0.15) is 5.69 Å². The summed E-state index contributed by atoms with van der Waals surface area (Å²) in [6, 6.07) is 9.73. The second-order valence-electron chi connectivity index (χ2n) is 4.94. The maximum absolute atomic E-state index is 11.2. The minimum Gasteiger partial charge on any atom is -0.468 e. The molecule has 20 heavy (non-hydrogen) atoms. The Morgan fingerprint density at radius 1 is 1.35 bits per heavy atom. The summed E-state index contributed by atoms with van der Waals surface area (Å²) in [6.07, 6.45) is 1.85.